The second kappa shape index (κ2) is 6.04. The maximum absolute atomic E-state index is 12.2. The van der Waals surface area contributed by atoms with Gasteiger partial charge in [0.2, 0.25) is 0 Å². The Morgan fingerprint density at radius 2 is 1.90 bits per heavy atom. The van der Waals surface area contributed by atoms with Crippen molar-refractivity contribution in [2.75, 3.05) is 11.1 Å². The number of halogens is 3. The van der Waals surface area contributed by atoms with Gasteiger partial charge in [-0.05, 0) is 52.7 Å². The molecule has 0 aliphatic carbocycles. The molecule has 0 fully saturated rings. The fraction of sp³-hybridized carbons (Fsp3) is 0.0714. The van der Waals surface area contributed by atoms with Crippen molar-refractivity contribution in [3.05, 3.63) is 56.0 Å². The van der Waals surface area contributed by atoms with Crippen LogP contribution in [0.5, 0.6) is 0 Å². The number of amides is 1. The zero-order valence-electron chi connectivity index (χ0n) is 10.5. The Bertz CT molecular complexity index is 689. The van der Waals surface area contributed by atoms with Crippen LogP contribution < -0.4 is 11.1 Å². The van der Waals surface area contributed by atoms with E-state index in [1.807, 2.05) is 13.0 Å². The standard InChI is InChI=1S/C14H11BrCl2N2O/c1-7-2-3-8(10(18)6-7)14(20)19-11-5-4-9(15)12(16)13(11)17/h2-6H,18H2,1H3,(H,19,20). The van der Waals surface area contributed by atoms with Gasteiger partial charge >= 0.3 is 0 Å². The van der Waals surface area contributed by atoms with Crippen LogP contribution in [0.2, 0.25) is 10.0 Å². The second-order valence-corrected chi connectivity index (χ2v) is 5.88. The van der Waals surface area contributed by atoms with Crippen LogP contribution in [0.1, 0.15) is 15.9 Å². The van der Waals surface area contributed by atoms with E-state index in [9.17, 15) is 4.79 Å². The van der Waals surface area contributed by atoms with Crippen LogP contribution in [-0.4, -0.2) is 5.91 Å². The maximum atomic E-state index is 12.2. The van der Waals surface area contributed by atoms with Gasteiger partial charge in [-0.15, -0.1) is 0 Å². The number of carbonyl (C=O) groups excluding carboxylic acids is 1. The fourth-order valence-corrected chi connectivity index (χ4v) is 2.52. The monoisotopic (exact) mass is 372 g/mol. The lowest BCUT2D eigenvalue weighted by atomic mass is 10.1. The molecule has 1 amide bonds. The van der Waals surface area contributed by atoms with Crippen LogP contribution in [0.3, 0.4) is 0 Å². The van der Waals surface area contributed by atoms with Gasteiger partial charge in [-0.3, -0.25) is 4.79 Å². The molecule has 3 nitrogen and oxygen atoms in total. The van der Waals surface area contributed by atoms with E-state index in [-0.39, 0.29) is 10.9 Å². The van der Waals surface area contributed by atoms with E-state index in [1.165, 1.54) is 0 Å². The average Bonchev–Trinajstić information content (AvgIpc) is 2.39. The van der Waals surface area contributed by atoms with Gasteiger partial charge in [-0.25, -0.2) is 0 Å². The number of carbonyl (C=O) groups is 1. The summed E-state index contributed by atoms with van der Waals surface area (Å²) in [7, 11) is 0. The third kappa shape index (κ3) is 3.08. The molecule has 0 aromatic heterocycles. The number of rotatable bonds is 2. The molecule has 0 heterocycles. The number of nitrogens with two attached hydrogens (primary N) is 1. The van der Waals surface area contributed by atoms with Crippen molar-refractivity contribution < 1.29 is 4.79 Å². The first-order valence-electron chi connectivity index (χ1n) is 5.71. The van der Waals surface area contributed by atoms with Crippen LogP contribution in [0.15, 0.2) is 34.8 Å². The van der Waals surface area contributed by atoms with Crippen molar-refractivity contribution in [2.24, 2.45) is 0 Å². The molecule has 0 saturated heterocycles. The Morgan fingerprint density at radius 1 is 1.20 bits per heavy atom. The molecule has 0 spiro atoms. The van der Waals surface area contributed by atoms with Gasteiger partial charge in [0, 0.05) is 10.2 Å². The van der Waals surface area contributed by atoms with Gasteiger partial charge in [0.15, 0.2) is 0 Å². The highest BCUT2D eigenvalue weighted by Gasteiger charge is 2.14. The van der Waals surface area contributed by atoms with Gasteiger partial charge in [0.25, 0.3) is 5.91 Å². The molecule has 0 atom stereocenters. The molecular weight excluding hydrogens is 363 g/mol. The Kier molecular flexibility index (Phi) is 4.58. The largest absolute Gasteiger partial charge is 0.398 e. The first-order valence-corrected chi connectivity index (χ1v) is 7.26. The minimum Gasteiger partial charge on any atom is -0.398 e. The topological polar surface area (TPSA) is 55.1 Å². The van der Waals surface area contributed by atoms with Crippen molar-refractivity contribution in [1.82, 2.24) is 0 Å². The highest BCUT2D eigenvalue weighted by Crippen LogP contribution is 2.36. The van der Waals surface area contributed by atoms with Crippen LogP contribution in [0.4, 0.5) is 11.4 Å². The lowest BCUT2D eigenvalue weighted by Gasteiger charge is -2.11. The molecule has 0 radical (unpaired) electrons. The Labute approximate surface area is 135 Å². The number of anilines is 2. The van der Waals surface area contributed by atoms with Gasteiger partial charge in [-0.1, -0.05) is 29.3 Å². The quantitative estimate of drug-likeness (QED) is 0.581. The summed E-state index contributed by atoms with van der Waals surface area (Å²) in [6.07, 6.45) is 0. The van der Waals surface area contributed by atoms with Gasteiger partial charge in [0.1, 0.15) is 0 Å². The molecule has 0 unspecified atom stereocenters. The van der Waals surface area contributed by atoms with Crippen LogP contribution in [0.25, 0.3) is 0 Å². The number of nitrogens with one attached hydrogen (secondary N) is 1. The van der Waals surface area contributed by atoms with E-state index < -0.39 is 0 Å². The minimum absolute atomic E-state index is 0.278. The molecule has 0 aliphatic rings. The van der Waals surface area contributed by atoms with Crippen LogP contribution in [0, 0.1) is 6.92 Å². The molecule has 2 aromatic rings. The number of nitrogen functional groups attached to an aromatic ring is 1. The summed E-state index contributed by atoms with van der Waals surface area (Å²) in [4.78, 5) is 12.2. The van der Waals surface area contributed by atoms with Crippen molar-refractivity contribution in [2.45, 2.75) is 6.92 Å². The van der Waals surface area contributed by atoms with Crippen molar-refractivity contribution in [3.63, 3.8) is 0 Å². The van der Waals surface area contributed by atoms with Crippen molar-refractivity contribution in [3.8, 4) is 0 Å². The molecule has 3 N–H and O–H groups in total. The van der Waals surface area contributed by atoms with E-state index in [4.69, 9.17) is 28.9 Å². The maximum Gasteiger partial charge on any atom is 0.257 e. The van der Waals surface area contributed by atoms with Crippen molar-refractivity contribution in [1.29, 1.82) is 0 Å². The summed E-state index contributed by atoms with van der Waals surface area (Å²) in [6.45, 7) is 1.91. The third-order valence-corrected chi connectivity index (χ3v) is 4.51. The summed E-state index contributed by atoms with van der Waals surface area (Å²) in [6, 6.07) is 8.61. The third-order valence-electron chi connectivity index (χ3n) is 2.74. The molecule has 0 saturated carbocycles. The van der Waals surface area contributed by atoms with Crippen LogP contribution in [-0.2, 0) is 0 Å². The Balaban J connectivity index is 2.30. The van der Waals surface area contributed by atoms with E-state index in [0.717, 1.165) is 5.56 Å². The smallest absolute Gasteiger partial charge is 0.257 e. The van der Waals surface area contributed by atoms with E-state index in [1.54, 1.807) is 24.3 Å². The summed E-state index contributed by atoms with van der Waals surface area (Å²) in [5.41, 5.74) is 8.08. The van der Waals surface area contributed by atoms with Gasteiger partial charge < -0.3 is 11.1 Å². The fourth-order valence-electron chi connectivity index (χ4n) is 1.70. The zero-order chi connectivity index (χ0) is 14.9. The van der Waals surface area contributed by atoms with Crippen molar-refractivity contribution >= 4 is 56.4 Å². The summed E-state index contributed by atoms with van der Waals surface area (Å²) in [5.74, 6) is -0.331. The second-order valence-electron chi connectivity index (χ2n) is 4.27. The Morgan fingerprint density at radius 3 is 2.55 bits per heavy atom. The molecule has 6 heteroatoms. The van der Waals surface area contributed by atoms with Gasteiger partial charge in [0.05, 0.1) is 21.3 Å². The first-order chi connectivity index (χ1) is 9.40. The number of hydrogen-bond acceptors (Lipinski definition) is 2. The van der Waals surface area contributed by atoms with E-state index in [2.05, 4.69) is 21.2 Å². The highest BCUT2D eigenvalue weighted by atomic mass is 79.9. The SMILES string of the molecule is Cc1ccc(C(=O)Nc2ccc(Br)c(Cl)c2Cl)c(N)c1. The molecule has 20 heavy (non-hydrogen) atoms. The molecular formula is C14H11BrCl2N2O. The van der Waals surface area contributed by atoms with E-state index >= 15 is 0 Å². The summed E-state index contributed by atoms with van der Waals surface area (Å²) in [5, 5.41) is 3.32. The van der Waals surface area contributed by atoms with Crippen LogP contribution >= 0.6 is 39.1 Å². The average molecular weight is 374 g/mol. The lowest BCUT2D eigenvalue weighted by molar-refractivity contribution is 0.102. The molecule has 2 aromatic carbocycles. The predicted molar refractivity (Wildman–Crippen MR) is 87.7 cm³/mol. The number of aryl methyl sites for hydroxylation is 1. The summed E-state index contributed by atoms with van der Waals surface area (Å²) < 4.78 is 0.664. The van der Waals surface area contributed by atoms with E-state index in [0.29, 0.717) is 26.4 Å². The van der Waals surface area contributed by atoms with Gasteiger partial charge in [-0.2, -0.15) is 0 Å². The summed E-state index contributed by atoms with van der Waals surface area (Å²) >= 11 is 15.4. The highest BCUT2D eigenvalue weighted by molar-refractivity contribution is 9.10. The lowest BCUT2D eigenvalue weighted by Crippen LogP contribution is -2.14. The number of hydrogen-bond donors (Lipinski definition) is 2. The molecule has 0 bridgehead atoms. The predicted octanol–water partition coefficient (Wildman–Crippen LogP) is 4.90. The normalized spacial score (nSPS) is 10.4. The molecule has 0 aliphatic heterocycles. The first kappa shape index (κ1) is 15.2. The Hall–Kier alpha value is -1.23. The minimum atomic E-state index is -0.331. The molecule has 104 valence electrons. The zero-order valence-corrected chi connectivity index (χ0v) is 13.6. The molecule has 2 rings (SSSR count). The number of benzene rings is 2.